The molecule has 1 saturated heterocycles. The average Bonchev–Trinajstić information content (AvgIpc) is 2.72. The number of aromatic nitrogens is 2. The smallest absolute Gasteiger partial charge is 0.274 e. The highest BCUT2D eigenvalue weighted by atomic mass is 16.5. The Bertz CT molecular complexity index is 777. The number of para-hydroxylation sites is 1. The van der Waals surface area contributed by atoms with Crippen LogP contribution in [0.5, 0.6) is 5.75 Å². The molecule has 0 radical (unpaired) electrons. The number of ether oxygens (including phenoxy) is 2. The number of carbonyl (C=O) groups excluding carboxylic acids is 1. The monoisotopic (exact) mass is 354 g/mol. The summed E-state index contributed by atoms with van der Waals surface area (Å²) in [6.07, 6.45) is 4.12. The predicted molar refractivity (Wildman–Crippen MR) is 96.4 cm³/mol. The summed E-state index contributed by atoms with van der Waals surface area (Å²) in [7, 11) is 0. The first-order valence-electron chi connectivity index (χ1n) is 8.93. The van der Waals surface area contributed by atoms with Gasteiger partial charge in [-0.15, -0.1) is 0 Å². The minimum Gasteiger partial charge on any atom is -0.493 e. The van der Waals surface area contributed by atoms with Gasteiger partial charge in [-0.25, -0.2) is 4.98 Å². The molecule has 3 heterocycles. The maximum absolute atomic E-state index is 12.5. The van der Waals surface area contributed by atoms with Crippen molar-refractivity contribution in [2.45, 2.75) is 6.42 Å². The second-order valence-corrected chi connectivity index (χ2v) is 6.56. The highest BCUT2D eigenvalue weighted by molar-refractivity contribution is 5.92. The van der Waals surface area contributed by atoms with Gasteiger partial charge in [-0.3, -0.25) is 9.78 Å². The van der Waals surface area contributed by atoms with Gasteiger partial charge in [-0.05, 0) is 18.1 Å². The minimum atomic E-state index is -0.0978. The Hall–Kier alpha value is -2.67. The number of morpholine rings is 1. The van der Waals surface area contributed by atoms with E-state index in [2.05, 4.69) is 21.4 Å². The Morgan fingerprint density at radius 3 is 2.96 bits per heavy atom. The highest BCUT2D eigenvalue weighted by Crippen LogP contribution is 2.26. The lowest BCUT2D eigenvalue weighted by Gasteiger charge is -2.26. The number of hydrogen-bond donors (Lipinski definition) is 1. The molecule has 0 bridgehead atoms. The molecule has 1 atom stereocenters. The summed E-state index contributed by atoms with van der Waals surface area (Å²) in [6.45, 7) is 3.72. The van der Waals surface area contributed by atoms with Crippen molar-refractivity contribution >= 4 is 11.7 Å². The van der Waals surface area contributed by atoms with Crippen molar-refractivity contribution in [1.82, 2.24) is 14.9 Å². The van der Waals surface area contributed by atoms with Crippen LogP contribution in [0.2, 0.25) is 0 Å². The maximum Gasteiger partial charge on any atom is 0.274 e. The van der Waals surface area contributed by atoms with Crippen LogP contribution >= 0.6 is 0 Å². The summed E-state index contributed by atoms with van der Waals surface area (Å²) in [4.78, 5) is 22.9. The van der Waals surface area contributed by atoms with E-state index in [1.807, 2.05) is 18.2 Å². The molecule has 26 heavy (non-hydrogen) atoms. The van der Waals surface area contributed by atoms with Gasteiger partial charge in [0.25, 0.3) is 5.91 Å². The fourth-order valence-electron chi connectivity index (χ4n) is 3.25. The molecule has 1 fully saturated rings. The van der Waals surface area contributed by atoms with Crippen LogP contribution < -0.4 is 10.1 Å². The van der Waals surface area contributed by atoms with Crippen molar-refractivity contribution in [1.29, 1.82) is 0 Å². The summed E-state index contributed by atoms with van der Waals surface area (Å²) in [6, 6.07) is 8.13. The SMILES string of the molecule is O=C(c1cncc(NCC2COc3ccccc3C2)n1)N1CCOCC1. The molecule has 7 nitrogen and oxygen atoms in total. The number of anilines is 1. The number of carbonyl (C=O) groups is 1. The zero-order valence-electron chi connectivity index (χ0n) is 14.6. The van der Waals surface area contributed by atoms with Gasteiger partial charge >= 0.3 is 0 Å². The molecular weight excluding hydrogens is 332 g/mol. The number of nitrogens with one attached hydrogen (secondary N) is 1. The zero-order valence-corrected chi connectivity index (χ0v) is 14.6. The summed E-state index contributed by atoms with van der Waals surface area (Å²) >= 11 is 0. The first-order chi connectivity index (χ1) is 12.8. The van der Waals surface area contributed by atoms with E-state index in [0.717, 1.165) is 18.7 Å². The molecule has 1 unspecified atom stereocenters. The molecular formula is C19H22N4O3. The standard InChI is InChI=1S/C19H22N4O3/c24-19(23-5-7-25-8-6-23)16-11-20-12-18(22-16)21-10-14-9-15-3-1-2-4-17(15)26-13-14/h1-4,11-12,14H,5-10,13H2,(H,21,22). The quantitative estimate of drug-likeness (QED) is 0.899. The predicted octanol–water partition coefficient (Wildman–Crippen LogP) is 1.61. The van der Waals surface area contributed by atoms with E-state index in [9.17, 15) is 4.79 Å². The topological polar surface area (TPSA) is 76.6 Å². The molecule has 1 amide bonds. The van der Waals surface area contributed by atoms with E-state index >= 15 is 0 Å². The average molecular weight is 354 g/mol. The van der Waals surface area contributed by atoms with Gasteiger partial charge in [0.15, 0.2) is 0 Å². The van der Waals surface area contributed by atoms with Gasteiger partial charge in [0.2, 0.25) is 0 Å². The fraction of sp³-hybridized carbons (Fsp3) is 0.421. The Labute approximate surface area is 152 Å². The lowest BCUT2D eigenvalue weighted by molar-refractivity contribution is 0.0299. The molecule has 0 saturated carbocycles. The van der Waals surface area contributed by atoms with E-state index in [1.165, 1.54) is 11.8 Å². The first-order valence-corrected chi connectivity index (χ1v) is 8.93. The lowest BCUT2D eigenvalue weighted by atomic mass is 9.97. The third-order valence-corrected chi connectivity index (χ3v) is 4.68. The molecule has 2 aliphatic heterocycles. The number of hydrogen-bond acceptors (Lipinski definition) is 6. The van der Waals surface area contributed by atoms with Gasteiger partial charge in [-0.2, -0.15) is 0 Å². The largest absolute Gasteiger partial charge is 0.493 e. The number of amides is 1. The van der Waals surface area contributed by atoms with E-state index in [-0.39, 0.29) is 5.91 Å². The van der Waals surface area contributed by atoms with Gasteiger partial charge in [0.05, 0.1) is 32.2 Å². The Morgan fingerprint density at radius 1 is 1.23 bits per heavy atom. The van der Waals surface area contributed by atoms with E-state index < -0.39 is 0 Å². The maximum atomic E-state index is 12.5. The first kappa shape index (κ1) is 16.8. The van der Waals surface area contributed by atoms with Crippen LogP contribution in [0.25, 0.3) is 0 Å². The Kier molecular flexibility index (Phi) is 4.97. The van der Waals surface area contributed by atoms with Crippen LogP contribution in [0, 0.1) is 5.92 Å². The van der Waals surface area contributed by atoms with Crippen molar-refractivity contribution in [3.63, 3.8) is 0 Å². The molecule has 2 aliphatic rings. The second-order valence-electron chi connectivity index (χ2n) is 6.56. The van der Waals surface area contributed by atoms with Crippen LogP contribution in [0.15, 0.2) is 36.7 Å². The molecule has 1 aromatic carbocycles. The van der Waals surface area contributed by atoms with Crippen molar-refractivity contribution < 1.29 is 14.3 Å². The molecule has 1 N–H and O–H groups in total. The van der Waals surface area contributed by atoms with Crippen molar-refractivity contribution in [3.05, 3.63) is 47.9 Å². The van der Waals surface area contributed by atoms with E-state index in [0.29, 0.717) is 50.3 Å². The molecule has 4 rings (SSSR count). The molecule has 0 spiro atoms. The second kappa shape index (κ2) is 7.70. The zero-order chi connectivity index (χ0) is 17.8. The van der Waals surface area contributed by atoms with E-state index in [1.54, 1.807) is 11.1 Å². The number of fused-ring (bicyclic) bond motifs is 1. The molecule has 1 aromatic heterocycles. The van der Waals surface area contributed by atoms with Crippen molar-refractivity contribution in [2.24, 2.45) is 5.92 Å². The van der Waals surface area contributed by atoms with Crippen LogP contribution in [0.3, 0.4) is 0 Å². The molecule has 7 heteroatoms. The normalized spacial score (nSPS) is 19.4. The summed E-state index contributed by atoms with van der Waals surface area (Å²) < 4.78 is 11.1. The lowest BCUT2D eigenvalue weighted by Crippen LogP contribution is -2.41. The minimum absolute atomic E-state index is 0.0978. The number of nitrogens with zero attached hydrogens (tertiary/aromatic N) is 3. The van der Waals surface area contributed by atoms with Gasteiger partial charge in [0, 0.05) is 25.6 Å². The summed E-state index contributed by atoms with van der Waals surface area (Å²) in [5, 5.41) is 3.29. The Morgan fingerprint density at radius 2 is 2.08 bits per heavy atom. The summed E-state index contributed by atoms with van der Waals surface area (Å²) in [5.41, 5.74) is 1.59. The van der Waals surface area contributed by atoms with Gasteiger partial charge in [0.1, 0.15) is 17.3 Å². The van der Waals surface area contributed by atoms with Crippen molar-refractivity contribution in [3.8, 4) is 5.75 Å². The Balaban J connectivity index is 1.36. The van der Waals surface area contributed by atoms with Crippen LogP contribution in [0.1, 0.15) is 16.1 Å². The third-order valence-electron chi connectivity index (χ3n) is 4.68. The van der Waals surface area contributed by atoms with Crippen LogP contribution in [-0.2, 0) is 11.2 Å². The third kappa shape index (κ3) is 3.77. The van der Waals surface area contributed by atoms with Crippen LogP contribution in [0.4, 0.5) is 5.82 Å². The van der Waals surface area contributed by atoms with Gasteiger partial charge < -0.3 is 19.7 Å². The number of benzene rings is 1. The van der Waals surface area contributed by atoms with E-state index in [4.69, 9.17) is 9.47 Å². The molecule has 0 aliphatic carbocycles. The van der Waals surface area contributed by atoms with Crippen LogP contribution in [-0.4, -0.2) is 60.2 Å². The highest BCUT2D eigenvalue weighted by Gasteiger charge is 2.21. The molecule has 2 aromatic rings. The number of rotatable bonds is 4. The summed E-state index contributed by atoms with van der Waals surface area (Å²) in [5.74, 6) is 1.84. The van der Waals surface area contributed by atoms with Gasteiger partial charge in [-0.1, -0.05) is 18.2 Å². The van der Waals surface area contributed by atoms with Crippen molar-refractivity contribution in [2.75, 3.05) is 44.8 Å². The molecule has 136 valence electrons. The fourth-order valence-corrected chi connectivity index (χ4v) is 3.25.